The molecule has 4 nitrogen and oxygen atoms in total. The van der Waals surface area contributed by atoms with E-state index in [1.165, 1.54) is 38.5 Å². The molecular formula is C16H28N2O2S. The molecule has 1 aromatic rings. The molecule has 5 heteroatoms. The van der Waals surface area contributed by atoms with E-state index in [1.807, 2.05) is 12.3 Å². The van der Waals surface area contributed by atoms with Crippen LogP contribution < -0.4 is 5.32 Å². The van der Waals surface area contributed by atoms with Crippen molar-refractivity contribution in [3.05, 3.63) is 11.1 Å². The highest BCUT2D eigenvalue weighted by atomic mass is 32.1. The van der Waals surface area contributed by atoms with Gasteiger partial charge in [0.2, 0.25) is 0 Å². The van der Waals surface area contributed by atoms with Crippen LogP contribution in [0.4, 0.5) is 5.13 Å². The zero-order valence-electron chi connectivity index (χ0n) is 13.3. The number of ether oxygens (including phenoxy) is 1. The summed E-state index contributed by atoms with van der Waals surface area (Å²) < 4.78 is 4.91. The molecule has 0 amide bonds. The van der Waals surface area contributed by atoms with Gasteiger partial charge in [0.1, 0.15) is 0 Å². The summed E-state index contributed by atoms with van der Waals surface area (Å²) in [5.74, 6) is -0.146. The van der Waals surface area contributed by atoms with Crippen molar-refractivity contribution in [2.75, 3.05) is 18.5 Å². The van der Waals surface area contributed by atoms with Crippen LogP contribution in [0.2, 0.25) is 0 Å². The summed E-state index contributed by atoms with van der Waals surface area (Å²) in [5, 5.41) is 6.34. The third-order valence-corrected chi connectivity index (χ3v) is 4.10. The van der Waals surface area contributed by atoms with E-state index in [9.17, 15) is 4.79 Å². The Balaban J connectivity index is 2.10. The Morgan fingerprint density at radius 2 is 2.00 bits per heavy atom. The van der Waals surface area contributed by atoms with Gasteiger partial charge in [-0.05, 0) is 13.3 Å². The molecule has 0 aromatic carbocycles. The summed E-state index contributed by atoms with van der Waals surface area (Å²) in [6, 6.07) is 0. The summed E-state index contributed by atoms with van der Waals surface area (Å²) in [6.07, 6.45) is 8.89. The molecule has 0 spiro atoms. The van der Waals surface area contributed by atoms with E-state index in [4.69, 9.17) is 4.74 Å². The number of thiazole rings is 1. The minimum atomic E-state index is -0.146. The standard InChI is InChI=1S/C16H28N2O2S/c1-3-5-6-7-8-9-12-17-16-18-14(13-21-16)10-11-15(19)20-4-2/h13H,3-12H2,1-2H3,(H,17,18). The fraction of sp³-hybridized carbons (Fsp3) is 0.750. The van der Waals surface area contributed by atoms with Gasteiger partial charge < -0.3 is 10.1 Å². The molecular weight excluding hydrogens is 284 g/mol. The van der Waals surface area contributed by atoms with E-state index in [2.05, 4.69) is 17.2 Å². The molecule has 0 saturated heterocycles. The van der Waals surface area contributed by atoms with Crippen molar-refractivity contribution in [2.45, 2.75) is 65.2 Å². The monoisotopic (exact) mass is 312 g/mol. The van der Waals surface area contributed by atoms with Gasteiger partial charge in [-0.1, -0.05) is 39.0 Å². The van der Waals surface area contributed by atoms with Gasteiger partial charge in [0.25, 0.3) is 0 Å². The maximum atomic E-state index is 11.3. The summed E-state index contributed by atoms with van der Waals surface area (Å²) in [4.78, 5) is 15.8. The van der Waals surface area contributed by atoms with Crippen LogP contribution in [-0.4, -0.2) is 24.1 Å². The lowest BCUT2D eigenvalue weighted by Crippen LogP contribution is -2.05. The fourth-order valence-electron chi connectivity index (χ4n) is 2.07. The van der Waals surface area contributed by atoms with Crippen LogP contribution in [0.3, 0.4) is 0 Å². The molecule has 0 aliphatic rings. The Kier molecular flexibility index (Phi) is 9.87. The number of esters is 1. The molecule has 0 radical (unpaired) electrons. The SMILES string of the molecule is CCCCCCCCNc1nc(CCC(=O)OCC)cs1. The molecule has 1 rings (SSSR count). The lowest BCUT2D eigenvalue weighted by atomic mass is 10.1. The van der Waals surface area contributed by atoms with Gasteiger partial charge in [-0.15, -0.1) is 11.3 Å². The van der Waals surface area contributed by atoms with Crippen LogP contribution in [0.5, 0.6) is 0 Å². The summed E-state index contributed by atoms with van der Waals surface area (Å²) >= 11 is 1.61. The number of hydrogen-bond donors (Lipinski definition) is 1. The highest BCUT2D eigenvalue weighted by Gasteiger charge is 2.06. The van der Waals surface area contributed by atoms with Crippen LogP contribution in [0.1, 0.15) is 64.5 Å². The Morgan fingerprint density at radius 3 is 2.76 bits per heavy atom. The molecule has 1 heterocycles. The van der Waals surface area contributed by atoms with E-state index >= 15 is 0 Å². The minimum absolute atomic E-state index is 0.146. The first-order valence-electron chi connectivity index (χ1n) is 8.10. The number of carbonyl (C=O) groups excluding carboxylic acids is 1. The van der Waals surface area contributed by atoms with E-state index in [0.29, 0.717) is 19.4 Å². The molecule has 0 aliphatic carbocycles. The average molecular weight is 312 g/mol. The molecule has 1 N–H and O–H groups in total. The van der Waals surface area contributed by atoms with Gasteiger partial charge >= 0.3 is 5.97 Å². The molecule has 0 aliphatic heterocycles. The predicted octanol–water partition coefficient (Wildman–Crippen LogP) is 4.41. The molecule has 120 valence electrons. The first-order chi connectivity index (χ1) is 10.3. The van der Waals surface area contributed by atoms with Crippen LogP contribution >= 0.6 is 11.3 Å². The fourth-order valence-corrected chi connectivity index (χ4v) is 2.84. The van der Waals surface area contributed by atoms with Crippen molar-refractivity contribution in [1.29, 1.82) is 0 Å². The van der Waals surface area contributed by atoms with E-state index in [1.54, 1.807) is 11.3 Å². The highest BCUT2D eigenvalue weighted by Crippen LogP contribution is 2.17. The average Bonchev–Trinajstić information content (AvgIpc) is 2.92. The van der Waals surface area contributed by atoms with Crippen LogP contribution in [0.25, 0.3) is 0 Å². The summed E-state index contributed by atoms with van der Waals surface area (Å²) in [5.41, 5.74) is 0.971. The van der Waals surface area contributed by atoms with Crippen molar-refractivity contribution in [2.24, 2.45) is 0 Å². The Bertz CT molecular complexity index is 393. The van der Waals surface area contributed by atoms with Gasteiger partial charge in [-0.25, -0.2) is 4.98 Å². The maximum absolute atomic E-state index is 11.3. The number of nitrogens with one attached hydrogen (secondary N) is 1. The largest absolute Gasteiger partial charge is 0.466 e. The second-order valence-electron chi connectivity index (χ2n) is 5.14. The zero-order chi connectivity index (χ0) is 15.3. The minimum Gasteiger partial charge on any atom is -0.466 e. The Hall–Kier alpha value is -1.10. The van der Waals surface area contributed by atoms with Crippen molar-refractivity contribution in [3.63, 3.8) is 0 Å². The third-order valence-electron chi connectivity index (χ3n) is 3.25. The second-order valence-corrected chi connectivity index (χ2v) is 6.00. The zero-order valence-corrected chi connectivity index (χ0v) is 14.1. The topological polar surface area (TPSA) is 51.2 Å². The Morgan fingerprint density at radius 1 is 1.24 bits per heavy atom. The number of carbonyl (C=O) groups is 1. The quantitative estimate of drug-likeness (QED) is 0.459. The first kappa shape index (κ1) is 18.0. The number of nitrogens with zero attached hydrogens (tertiary/aromatic N) is 1. The smallest absolute Gasteiger partial charge is 0.306 e. The predicted molar refractivity (Wildman–Crippen MR) is 88.9 cm³/mol. The third kappa shape index (κ3) is 8.71. The maximum Gasteiger partial charge on any atom is 0.306 e. The van der Waals surface area contributed by atoms with Crippen molar-refractivity contribution < 1.29 is 9.53 Å². The van der Waals surface area contributed by atoms with Crippen LogP contribution in [0, 0.1) is 0 Å². The summed E-state index contributed by atoms with van der Waals surface area (Å²) in [6.45, 7) is 5.49. The molecule has 0 unspecified atom stereocenters. The number of unbranched alkanes of at least 4 members (excludes halogenated alkanes) is 5. The van der Waals surface area contributed by atoms with Gasteiger partial charge in [0.05, 0.1) is 18.7 Å². The number of hydrogen-bond acceptors (Lipinski definition) is 5. The molecule has 0 saturated carbocycles. The van der Waals surface area contributed by atoms with E-state index in [0.717, 1.165) is 17.4 Å². The van der Waals surface area contributed by atoms with Gasteiger partial charge in [-0.3, -0.25) is 4.79 Å². The lowest BCUT2D eigenvalue weighted by Gasteiger charge is -2.02. The number of rotatable bonds is 12. The normalized spacial score (nSPS) is 10.6. The lowest BCUT2D eigenvalue weighted by molar-refractivity contribution is -0.143. The van der Waals surface area contributed by atoms with E-state index in [-0.39, 0.29) is 5.97 Å². The number of aromatic nitrogens is 1. The Labute approximate surface area is 132 Å². The van der Waals surface area contributed by atoms with E-state index < -0.39 is 0 Å². The van der Waals surface area contributed by atoms with Crippen molar-refractivity contribution in [1.82, 2.24) is 4.98 Å². The molecule has 1 aromatic heterocycles. The molecule has 0 fully saturated rings. The van der Waals surface area contributed by atoms with Crippen molar-refractivity contribution in [3.8, 4) is 0 Å². The van der Waals surface area contributed by atoms with Crippen LogP contribution in [-0.2, 0) is 16.0 Å². The highest BCUT2D eigenvalue weighted by molar-refractivity contribution is 7.13. The van der Waals surface area contributed by atoms with Gasteiger partial charge in [-0.2, -0.15) is 0 Å². The second kappa shape index (κ2) is 11.5. The number of aryl methyl sites for hydroxylation is 1. The first-order valence-corrected chi connectivity index (χ1v) is 8.98. The van der Waals surface area contributed by atoms with Gasteiger partial charge in [0, 0.05) is 18.3 Å². The number of anilines is 1. The van der Waals surface area contributed by atoms with Crippen molar-refractivity contribution >= 4 is 22.4 Å². The van der Waals surface area contributed by atoms with Crippen LogP contribution in [0.15, 0.2) is 5.38 Å². The summed E-state index contributed by atoms with van der Waals surface area (Å²) in [7, 11) is 0. The molecule has 0 bridgehead atoms. The molecule has 21 heavy (non-hydrogen) atoms. The van der Waals surface area contributed by atoms with Gasteiger partial charge in [0.15, 0.2) is 5.13 Å². The molecule has 0 atom stereocenters.